The van der Waals surface area contributed by atoms with Crippen LogP contribution in [0.4, 0.5) is 0 Å². The summed E-state index contributed by atoms with van der Waals surface area (Å²) in [5, 5.41) is -0.113. The molecule has 0 radical (unpaired) electrons. The molecule has 1 aliphatic rings. The fourth-order valence-corrected chi connectivity index (χ4v) is 5.91. The highest BCUT2D eigenvalue weighted by molar-refractivity contribution is 6.80. The minimum atomic E-state index is -2.29. The van der Waals surface area contributed by atoms with Crippen LogP contribution in [-0.4, -0.2) is 42.3 Å². The first kappa shape index (κ1) is 25.8. The van der Waals surface area contributed by atoms with Gasteiger partial charge in [-0.15, -0.1) is 0 Å². The Hall–Kier alpha value is -2.41. The molecule has 1 aromatic carbocycles. The van der Waals surface area contributed by atoms with E-state index in [0.29, 0.717) is 0 Å². The third kappa shape index (κ3) is 6.09. The number of hydrogen-bond acceptors (Lipinski definition) is 5. The minimum absolute atomic E-state index is 0.0490. The molecule has 32 heavy (non-hydrogen) atoms. The maximum absolute atomic E-state index is 13.2. The van der Waals surface area contributed by atoms with Crippen molar-refractivity contribution >= 4 is 26.1 Å². The molecular weight excluding hydrogens is 422 g/mol. The molecule has 0 saturated carbocycles. The molecule has 2 atom stereocenters. The van der Waals surface area contributed by atoms with Crippen LogP contribution in [0.15, 0.2) is 42.5 Å². The Morgan fingerprint density at radius 1 is 1.06 bits per heavy atom. The Bertz CT molecular complexity index is 865. The second-order valence-electron chi connectivity index (χ2n) is 10.8. The van der Waals surface area contributed by atoms with Gasteiger partial charge in [0.25, 0.3) is 0 Å². The summed E-state index contributed by atoms with van der Waals surface area (Å²) in [6.07, 6.45) is 3.24. The SMILES string of the molecule is CC(C)(C)OC(=O)C=CCC1C(=O)N([Si](C)(C)C(C)(C)C)C1C(=O)OCc1ccccc1. The van der Waals surface area contributed by atoms with Crippen molar-refractivity contribution in [3.63, 3.8) is 0 Å². The second-order valence-corrected chi connectivity index (χ2v) is 15.9. The average molecular weight is 460 g/mol. The van der Waals surface area contributed by atoms with Gasteiger partial charge in [-0.25, -0.2) is 9.59 Å². The van der Waals surface area contributed by atoms with Gasteiger partial charge in [0.1, 0.15) is 18.2 Å². The van der Waals surface area contributed by atoms with Crippen LogP contribution in [-0.2, 0) is 30.5 Å². The quantitative estimate of drug-likeness (QED) is 0.252. The van der Waals surface area contributed by atoms with E-state index < -0.39 is 37.7 Å². The van der Waals surface area contributed by atoms with Crippen LogP contribution in [0.3, 0.4) is 0 Å². The Morgan fingerprint density at radius 2 is 1.66 bits per heavy atom. The summed E-state index contributed by atoms with van der Waals surface area (Å²) in [7, 11) is -2.29. The molecule has 0 aromatic heterocycles. The number of carbonyl (C=O) groups is 3. The van der Waals surface area contributed by atoms with E-state index in [0.717, 1.165) is 5.56 Å². The number of carbonyl (C=O) groups excluding carboxylic acids is 3. The van der Waals surface area contributed by atoms with Gasteiger partial charge in [0.05, 0.1) is 5.92 Å². The molecule has 1 fully saturated rings. The highest BCUT2D eigenvalue weighted by atomic mass is 28.3. The number of benzene rings is 1. The lowest BCUT2D eigenvalue weighted by Crippen LogP contribution is -2.74. The van der Waals surface area contributed by atoms with E-state index >= 15 is 0 Å². The highest BCUT2D eigenvalue weighted by Gasteiger charge is 2.59. The maximum atomic E-state index is 13.2. The number of esters is 2. The summed E-state index contributed by atoms with van der Waals surface area (Å²) in [6.45, 7) is 16.1. The standard InChI is InChI=1S/C25H37NO5Si/c1-24(2,3)31-20(27)16-12-15-19-21(23(29)30-17-18-13-10-9-11-14-18)26(22(19)28)32(7,8)25(4,5)6/h9-14,16,19,21H,15,17H2,1-8H3. The predicted octanol–water partition coefficient (Wildman–Crippen LogP) is 4.85. The van der Waals surface area contributed by atoms with Gasteiger partial charge in [-0.2, -0.15) is 0 Å². The fourth-order valence-electron chi connectivity index (χ4n) is 3.49. The average Bonchev–Trinajstić information content (AvgIpc) is 2.65. The zero-order chi connectivity index (χ0) is 24.3. The largest absolute Gasteiger partial charge is 0.459 e. The van der Waals surface area contributed by atoms with E-state index in [1.54, 1.807) is 31.4 Å². The van der Waals surface area contributed by atoms with Gasteiger partial charge in [0.15, 0.2) is 8.24 Å². The molecular formula is C25H37NO5Si. The third-order valence-electron chi connectivity index (χ3n) is 6.17. The smallest absolute Gasteiger partial charge is 0.330 e. The first-order chi connectivity index (χ1) is 14.6. The molecule has 2 unspecified atom stereocenters. The molecule has 0 N–H and O–H groups in total. The first-order valence-corrected chi connectivity index (χ1v) is 14.0. The van der Waals surface area contributed by atoms with Gasteiger partial charge in [-0.3, -0.25) is 4.79 Å². The van der Waals surface area contributed by atoms with Gasteiger partial charge >= 0.3 is 11.9 Å². The van der Waals surface area contributed by atoms with Crippen molar-refractivity contribution in [1.29, 1.82) is 0 Å². The molecule has 0 bridgehead atoms. The summed E-state index contributed by atoms with van der Waals surface area (Å²) >= 11 is 0. The lowest BCUT2D eigenvalue weighted by atomic mass is 9.87. The Morgan fingerprint density at radius 3 is 2.19 bits per heavy atom. The number of amides is 1. The first-order valence-electron chi connectivity index (χ1n) is 11.1. The fraction of sp³-hybridized carbons (Fsp3) is 0.560. The van der Waals surface area contributed by atoms with Crippen molar-refractivity contribution in [1.82, 2.24) is 4.57 Å². The molecule has 1 aromatic rings. The molecule has 7 heteroatoms. The van der Waals surface area contributed by atoms with Crippen molar-refractivity contribution in [2.45, 2.75) is 84.3 Å². The molecule has 6 nitrogen and oxygen atoms in total. The summed E-state index contributed by atoms with van der Waals surface area (Å²) < 4.78 is 12.7. The molecule has 1 heterocycles. The molecule has 1 saturated heterocycles. The van der Waals surface area contributed by atoms with E-state index in [-0.39, 0.29) is 24.0 Å². The molecule has 176 valence electrons. The summed E-state index contributed by atoms with van der Waals surface area (Å²) in [5.41, 5.74) is 0.308. The summed E-state index contributed by atoms with van der Waals surface area (Å²) in [6, 6.07) is 8.83. The van der Waals surface area contributed by atoms with Crippen molar-refractivity contribution in [2.75, 3.05) is 0 Å². The van der Waals surface area contributed by atoms with Crippen LogP contribution < -0.4 is 0 Å². The van der Waals surface area contributed by atoms with E-state index in [9.17, 15) is 14.4 Å². The monoisotopic (exact) mass is 459 g/mol. The van der Waals surface area contributed by atoms with Crippen LogP contribution in [0.2, 0.25) is 18.1 Å². The maximum Gasteiger partial charge on any atom is 0.330 e. The number of β-lactam (4-membered cyclic amide) rings is 1. The zero-order valence-electron chi connectivity index (χ0n) is 20.6. The molecule has 1 aliphatic heterocycles. The van der Waals surface area contributed by atoms with Gasteiger partial charge in [0.2, 0.25) is 5.91 Å². The van der Waals surface area contributed by atoms with E-state index in [2.05, 4.69) is 33.9 Å². The Balaban J connectivity index is 2.17. The normalized spacial score (nSPS) is 19.6. The Labute approximate surface area is 193 Å². The van der Waals surface area contributed by atoms with Crippen molar-refractivity contribution in [3.05, 3.63) is 48.0 Å². The number of nitrogens with zero attached hydrogens (tertiary/aromatic N) is 1. The van der Waals surface area contributed by atoms with E-state index in [4.69, 9.17) is 9.47 Å². The number of allylic oxidation sites excluding steroid dienone is 1. The lowest BCUT2D eigenvalue weighted by Gasteiger charge is -2.57. The second kappa shape index (κ2) is 9.61. The highest BCUT2D eigenvalue weighted by Crippen LogP contribution is 2.45. The molecule has 0 aliphatic carbocycles. The van der Waals surface area contributed by atoms with Crippen LogP contribution in [0.5, 0.6) is 0 Å². The Kier molecular flexibility index (Phi) is 7.76. The van der Waals surface area contributed by atoms with Crippen LogP contribution >= 0.6 is 0 Å². The van der Waals surface area contributed by atoms with E-state index in [1.807, 2.05) is 30.3 Å². The number of ether oxygens (including phenoxy) is 2. The zero-order valence-corrected chi connectivity index (χ0v) is 21.6. The van der Waals surface area contributed by atoms with Gasteiger partial charge in [-0.1, -0.05) is 70.3 Å². The summed E-state index contributed by atoms with van der Waals surface area (Å²) in [5.74, 6) is -1.44. The minimum Gasteiger partial charge on any atom is -0.459 e. The molecule has 0 spiro atoms. The predicted molar refractivity (Wildman–Crippen MR) is 127 cm³/mol. The van der Waals surface area contributed by atoms with Crippen LogP contribution in [0.25, 0.3) is 0 Å². The van der Waals surface area contributed by atoms with Crippen molar-refractivity contribution in [2.24, 2.45) is 5.92 Å². The van der Waals surface area contributed by atoms with Gasteiger partial charge < -0.3 is 14.0 Å². The van der Waals surface area contributed by atoms with Gasteiger partial charge in [-0.05, 0) is 37.8 Å². The van der Waals surface area contributed by atoms with Crippen LogP contribution in [0, 0.1) is 5.92 Å². The number of hydrogen-bond donors (Lipinski definition) is 0. The van der Waals surface area contributed by atoms with Crippen molar-refractivity contribution < 1.29 is 23.9 Å². The topological polar surface area (TPSA) is 72.9 Å². The van der Waals surface area contributed by atoms with E-state index in [1.165, 1.54) is 6.08 Å². The summed E-state index contributed by atoms with van der Waals surface area (Å²) in [4.78, 5) is 38.2. The third-order valence-corrected chi connectivity index (χ3v) is 11.5. The number of rotatable bonds is 7. The molecule has 1 amide bonds. The van der Waals surface area contributed by atoms with Gasteiger partial charge in [0, 0.05) is 6.08 Å². The lowest BCUT2D eigenvalue weighted by molar-refractivity contribution is -0.168. The van der Waals surface area contributed by atoms with Crippen molar-refractivity contribution in [3.8, 4) is 0 Å². The molecule has 2 rings (SSSR count). The van der Waals surface area contributed by atoms with Crippen LogP contribution in [0.1, 0.15) is 53.5 Å².